The molecule has 2 amide bonds. The number of fused-ring (bicyclic) bond motifs is 3. The minimum atomic E-state index is -0.808. The zero-order chi connectivity index (χ0) is 33.0. The van der Waals surface area contributed by atoms with E-state index in [2.05, 4.69) is 10.4 Å². The highest BCUT2D eigenvalue weighted by molar-refractivity contribution is 6.04. The molecule has 4 aromatic rings. The largest absolute Gasteiger partial charge is 0.488 e. The fourth-order valence-electron chi connectivity index (χ4n) is 5.11. The van der Waals surface area contributed by atoms with Gasteiger partial charge in [-0.15, -0.1) is 0 Å². The molecule has 0 spiro atoms. The molecule has 5 rings (SSSR count). The fourth-order valence-corrected chi connectivity index (χ4v) is 5.11. The molecule has 46 heavy (non-hydrogen) atoms. The molecule has 1 aliphatic heterocycles. The van der Waals surface area contributed by atoms with Crippen LogP contribution >= 0.6 is 0 Å². The molecule has 1 aliphatic rings. The van der Waals surface area contributed by atoms with Crippen molar-refractivity contribution in [1.29, 1.82) is 0 Å². The summed E-state index contributed by atoms with van der Waals surface area (Å²) < 4.78 is 55.4. The van der Waals surface area contributed by atoms with Crippen LogP contribution in [0.2, 0.25) is 0 Å². The highest BCUT2D eigenvalue weighted by Gasteiger charge is 2.32. The van der Waals surface area contributed by atoms with E-state index in [-0.39, 0.29) is 36.7 Å². The van der Waals surface area contributed by atoms with Crippen molar-refractivity contribution >= 4 is 29.3 Å². The summed E-state index contributed by atoms with van der Waals surface area (Å²) in [5.74, 6) is -3.45. The number of hydrogen-bond acceptors (Lipinski definition) is 7. The number of aryl methyl sites for hydroxylation is 1. The Balaban J connectivity index is 1.41. The Hall–Kier alpha value is -5.17. The summed E-state index contributed by atoms with van der Waals surface area (Å²) in [6.07, 6.45) is 0.317. The van der Waals surface area contributed by atoms with Crippen LogP contribution in [0.3, 0.4) is 0 Å². The predicted molar refractivity (Wildman–Crippen MR) is 164 cm³/mol. The molecule has 1 aromatic heterocycles. The molecule has 2 heterocycles. The van der Waals surface area contributed by atoms with Gasteiger partial charge in [-0.1, -0.05) is 12.1 Å². The molecule has 240 valence electrons. The van der Waals surface area contributed by atoms with Gasteiger partial charge in [0.2, 0.25) is 11.8 Å². The number of esters is 1. The topological polar surface area (TPSA) is 106 Å². The average Bonchev–Trinajstić information content (AvgIpc) is 3.35. The molecule has 0 aliphatic carbocycles. The molecule has 0 fully saturated rings. The number of nitrogens with zero attached hydrogens (tertiary/aromatic N) is 4. The van der Waals surface area contributed by atoms with Crippen LogP contribution in [0.25, 0.3) is 11.3 Å². The van der Waals surface area contributed by atoms with Crippen molar-refractivity contribution in [2.45, 2.75) is 19.4 Å². The van der Waals surface area contributed by atoms with Crippen molar-refractivity contribution in [3.8, 4) is 17.0 Å². The number of anilines is 2. The van der Waals surface area contributed by atoms with Gasteiger partial charge in [-0.25, -0.2) is 18.0 Å². The van der Waals surface area contributed by atoms with E-state index in [9.17, 15) is 27.6 Å². The van der Waals surface area contributed by atoms with E-state index in [0.29, 0.717) is 41.1 Å². The van der Waals surface area contributed by atoms with Crippen LogP contribution in [-0.2, 0) is 34.4 Å². The number of nitrogens with one attached hydrogen (secondary N) is 1. The Labute approximate surface area is 263 Å². The SMILES string of the molecule is CN(C)CCCOC(=O)c1ccc(F)c(NC(=O)CN(C(=O)Cc2cccc(F)c2)c2nn(C)c3c2COc2ccc(F)cc2-3)c1. The summed E-state index contributed by atoms with van der Waals surface area (Å²) in [6.45, 7) is 0.219. The molecule has 3 aromatic carbocycles. The zero-order valence-electron chi connectivity index (χ0n) is 25.5. The van der Waals surface area contributed by atoms with E-state index in [1.165, 1.54) is 47.1 Å². The quantitative estimate of drug-likeness (QED) is 0.188. The summed E-state index contributed by atoms with van der Waals surface area (Å²) >= 11 is 0. The molecule has 0 saturated carbocycles. The molecule has 0 atom stereocenters. The van der Waals surface area contributed by atoms with Crippen molar-refractivity contribution in [2.24, 2.45) is 7.05 Å². The zero-order valence-corrected chi connectivity index (χ0v) is 25.5. The van der Waals surface area contributed by atoms with Crippen molar-refractivity contribution in [3.63, 3.8) is 0 Å². The Morgan fingerprint density at radius 2 is 1.80 bits per heavy atom. The van der Waals surface area contributed by atoms with E-state index in [0.717, 1.165) is 17.0 Å². The third-order valence-corrected chi connectivity index (χ3v) is 7.25. The van der Waals surface area contributed by atoms with Crippen LogP contribution in [0.5, 0.6) is 5.75 Å². The van der Waals surface area contributed by atoms with E-state index in [1.54, 1.807) is 13.1 Å². The maximum Gasteiger partial charge on any atom is 0.338 e. The third-order valence-electron chi connectivity index (χ3n) is 7.25. The van der Waals surface area contributed by atoms with Crippen molar-refractivity contribution < 1.29 is 37.0 Å². The monoisotopic (exact) mass is 635 g/mol. The molecule has 1 N–H and O–H groups in total. The van der Waals surface area contributed by atoms with Crippen LogP contribution < -0.4 is 15.0 Å². The fraction of sp³-hybridized carbons (Fsp3) is 0.273. The third kappa shape index (κ3) is 7.37. The maximum absolute atomic E-state index is 14.8. The summed E-state index contributed by atoms with van der Waals surface area (Å²) in [4.78, 5) is 42.7. The standard InChI is InChI=1S/C33H32F3N5O5/c1-39(2)12-5-13-45-33(44)21-8-10-26(36)27(16-21)37-29(42)18-41(30(43)15-20-6-4-7-22(34)14-20)32-25-19-46-28-11-9-23(35)17-24(28)31(25)40(3)38-32/h4,6-11,14,16-17H,5,12-13,15,18-19H2,1-3H3,(H,37,42). The van der Waals surface area contributed by atoms with Crippen LogP contribution in [0.15, 0.2) is 60.7 Å². The van der Waals surface area contributed by atoms with Crippen LogP contribution in [0, 0.1) is 17.5 Å². The van der Waals surface area contributed by atoms with Gasteiger partial charge in [-0.2, -0.15) is 5.10 Å². The predicted octanol–water partition coefficient (Wildman–Crippen LogP) is 4.72. The van der Waals surface area contributed by atoms with Crippen LogP contribution in [0.1, 0.15) is 27.9 Å². The van der Waals surface area contributed by atoms with E-state index in [4.69, 9.17) is 9.47 Å². The highest BCUT2D eigenvalue weighted by atomic mass is 19.1. The minimum absolute atomic E-state index is 0.0300. The summed E-state index contributed by atoms with van der Waals surface area (Å²) in [6, 6.07) is 12.9. The molecule has 0 radical (unpaired) electrons. The second-order valence-electron chi connectivity index (χ2n) is 11.0. The lowest BCUT2D eigenvalue weighted by Crippen LogP contribution is -2.40. The summed E-state index contributed by atoms with van der Waals surface area (Å²) in [5, 5.41) is 6.92. The van der Waals surface area contributed by atoms with Crippen molar-refractivity contribution in [2.75, 3.05) is 44.0 Å². The van der Waals surface area contributed by atoms with E-state index < -0.39 is 41.8 Å². The number of amides is 2. The van der Waals surface area contributed by atoms with Gasteiger partial charge in [0.1, 0.15) is 36.4 Å². The Morgan fingerprint density at radius 3 is 2.57 bits per heavy atom. The van der Waals surface area contributed by atoms with Gasteiger partial charge in [0.25, 0.3) is 0 Å². The van der Waals surface area contributed by atoms with Gasteiger partial charge < -0.3 is 19.7 Å². The highest BCUT2D eigenvalue weighted by Crippen LogP contribution is 2.41. The van der Waals surface area contributed by atoms with Gasteiger partial charge in [-0.3, -0.25) is 19.2 Å². The molecule has 0 bridgehead atoms. The number of rotatable bonds is 11. The lowest BCUT2D eigenvalue weighted by Gasteiger charge is -2.24. The summed E-state index contributed by atoms with van der Waals surface area (Å²) in [7, 11) is 5.39. The lowest BCUT2D eigenvalue weighted by atomic mass is 10.0. The molecule has 0 unspecified atom stereocenters. The first kappa shape index (κ1) is 32.2. The maximum atomic E-state index is 14.8. The minimum Gasteiger partial charge on any atom is -0.488 e. The van der Waals surface area contributed by atoms with Gasteiger partial charge in [0.05, 0.1) is 35.5 Å². The van der Waals surface area contributed by atoms with Crippen molar-refractivity contribution in [3.05, 3.63) is 94.8 Å². The number of halogens is 3. The van der Waals surface area contributed by atoms with Gasteiger partial charge >= 0.3 is 5.97 Å². The van der Waals surface area contributed by atoms with Crippen LogP contribution in [0.4, 0.5) is 24.7 Å². The van der Waals surface area contributed by atoms with Crippen molar-refractivity contribution in [1.82, 2.24) is 14.7 Å². The average molecular weight is 636 g/mol. The van der Waals surface area contributed by atoms with E-state index in [1.807, 2.05) is 19.0 Å². The normalized spacial score (nSPS) is 11.8. The number of carbonyl (C=O) groups excluding carboxylic acids is 3. The molecule has 13 heteroatoms. The summed E-state index contributed by atoms with van der Waals surface area (Å²) in [5.41, 5.74) is 1.42. The first-order chi connectivity index (χ1) is 22.0. The molecular weight excluding hydrogens is 603 g/mol. The molecule has 10 nitrogen and oxygen atoms in total. The molecule has 0 saturated heterocycles. The Bertz CT molecular complexity index is 1790. The van der Waals surface area contributed by atoms with Gasteiger partial charge in [0, 0.05) is 19.2 Å². The number of carbonyl (C=O) groups is 3. The first-order valence-corrected chi connectivity index (χ1v) is 14.4. The number of hydrogen-bond donors (Lipinski definition) is 1. The Kier molecular flexibility index (Phi) is 9.71. The van der Waals surface area contributed by atoms with Gasteiger partial charge in [-0.05, 0) is 74.6 Å². The second-order valence-corrected chi connectivity index (χ2v) is 11.0. The smallest absolute Gasteiger partial charge is 0.338 e. The number of aromatic nitrogens is 2. The number of benzene rings is 3. The van der Waals surface area contributed by atoms with Gasteiger partial charge in [0.15, 0.2) is 5.82 Å². The Morgan fingerprint density at radius 1 is 1.02 bits per heavy atom. The van der Waals surface area contributed by atoms with E-state index >= 15 is 0 Å². The lowest BCUT2D eigenvalue weighted by molar-refractivity contribution is -0.121. The second kappa shape index (κ2) is 13.9. The molecular formula is C33H32F3N5O5. The van der Waals surface area contributed by atoms with Crippen LogP contribution in [-0.4, -0.2) is 66.3 Å². The first-order valence-electron chi connectivity index (χ1n) is 14.4. The number of ether oxygens (including phenoxy) is 2.